The van der Waals surface area contributed by atoms with Gasteiger partial charge in [-0.05, 0) is 35.4 Å². The van der Waals surface area contributed by atoms with Gasteiger partial charge >= 0.3 is 12.1 Å². The van der Waals surface area contributed by atoms with Crippen molar-refractivity contribution in [2.75, 3.05) is 22.0 Å². The second kappa shape index (κ2) is 6.37. The zero-order valence-corrected chi connectivity index (χ0v) is 14.7. The average Bonchev–Trinajstić information content (AvgIpc) is 2.60. The summed E-state index contributed by atoms with van der Waals surface area (Å²) < 4.78 is 0. The number of halogens is 1. The Morgan fingerprint density at radius 2 is 1.58 bits per heavy atom. The molecule has 1 aliphatic rings. The molecule has 2 aromatic rings. The highest BCUT2D eigenvalue weighted by molar-refractivity contribution is 6.32. The number of urea groups is 2. The summed E-state index contributed by atoms with van der Waals surface area (Å²) in [4.78, 5) is 24.5. The minimum Gasteiger partial charge on any atom is -0.350 e. The SMILES string of the molecule is CN1c2cc(N(N)C(N)=O)ccc2Cc2c(Cl)cc(N(N)C(N)=O)cc21. The van der Waals surface area contributed by atoms with E-state index in [4.69, 9.17) is 34.8 Å². The number of nitrogens with zero attached hydrogens (tertiary/aromatic N) is 3. The Bertz CT molecular complexity index is 918. The van der Waals surface area contributed by atoms with Crippen LogP contribution in [0.2, 0.25) is 5.02 Å². The fourth-order valence-electron chi connectivity index (χ4n) is 2.96. The smallest absolute Gasteiger partial charge is 0.333 e. The van der Waals surface area contributed by atoms with Crippen molar-refractivity contribution in [1.82, 2.24) is 0 Å². The van der Waals surface area contributed by atoms with Crippen LogP contribution in [0.5, 0.6) is 0 Å². The second-order valence-corrected chi connectivity index (χ2v) is 6.30. The topological polar surface area (TPSA) is 148 Å². The summed E-state index contributed by atoms with van der Waals surface area (Å²) in [5.74, 6) is 11.4. The first-order valence-corrected chi connectivity index (χ1v) is 7.96. The molecule has 0 unspecified atom stereocenters. The third-order valence-electron chi connectivity index (χ3n) is 4.35. The molecule has 10 heteroatoms. The van der Waals surface area contributed by atoms with E-state index in [1.807, 2.05) is 18.0 Å². The minimum absolute atomic E-state index is 0.366. The molecule has 4 amide bonds. The molecule has 1 aliphatic heterocycles. The average molecular weight is 376 g/mol. The van der Waals surface area contributed by atoms with Crippen LogP contribution < -0.4 is 38.1 Å². The van der Waals surface area contributed by atoms with E-state index in [0.29, 0.717) is 22.8 Å². The molecule has 0 atom stereocenters. The Balaban J connectivity index is 2.08. The predicted octanol–water partition coefficient (Wildman–Crippen LogP) is 1.53. The monoisotopic (exact) mass is 375 g/mol. The third kappa shape index (κ3) is 2.88. The number of primary amides is 2. The van der Waals surface area contributed by atoms with Crippen LogP contribution in [0.4, 0.5) is 32.3 Å². The van der Waals surface area contributed by atoms with Gasteiger partial charge < -0.3 is 16.4 Å². The highest BCUT2D eigenvalue weighted by atomic mass is 35.5. The first-order chi connectivity index (χ1) is 12.2. The molecule has 0 saturated carbocycles. The number of hydrazine groups is 2. The molecule has 26 heavy (non-hydrogen) atoms. The number of nitrogens with two attached hydrogens (primary N) is 4. The summed E-state index contributed by atoms with van der Waals surface area (Å²) in [7, 11) is 1.83. The number of amides is 4. The largest absolute Gasteiger partial charge is 0.350 e. The van der Waals surface area contributed by atoms with E-state index in [9.17, 15) is 9.59 Å². The van der Waals surface area contributed by atoms with Gasteiger partial charge in [0.2, 0.25) is 0 Å². The van der Waals surface area contributed by atoms with Gasteiger partial charge in [-0.15, -0.1) is 0 Å². The van der Waals surface area contributed by atoms with Crippen molar-refractivity contribution in [1.29, 1.82) is 0 Å². The number of anilines is 4. The zero-order chi connectivity index (χ0) is 19.2. The van der Waals surface area contributed by atoms with Crippen LogP contribution in [0.15, 0.2) is 30.3 Å². The second-order valence-electron chi connectivity index (χ2n) is 5.89. The number of carbonyl (C=O) groups is 2. The lowest BCUT2D eigenvalue weighted by Crippen LogP contribution is -2.42. The summed E-state index contributed by atoms with van der Waals surface area (Å²) in [6.07, 6.45) is 0.566. The minimum atomic E-state index is -0.803. The summed E-state index contributed by atoms with van der Waals surface area (Å²) in [6, 6.07) is 7.05. The number of rotatable bonds is 2. The van der Waals surface area contributed by atoms with Gasteiger partial charge in [0.1, 0.15) is 0 Å². The van der Waals surface area contributed by atoms with Crippen molar-refractivity contribution in [2.45, 2.75) is 6.42 Å². The Hall–Kier alpha value is -3.01. The van der Waals surface area contributed by atoms with Gasteiger partial charge in [0.25, 0.3) is 0 Å². The predicted molar refractivity (Wildman–Crippen MR) is 101 cm³/mol. The van der Waals surface area contributed by atoms with Gasteiger partial charge in [0, 0.05) is 29.9 Å². The van der Waals surface area contributed by atoms with Crippen molar-refractivity contribution in [3.63, 3.8) is 0 Å². The lowest BCUT2D eigenvalue weighted by molar-refractivity contribution is 0.253. The number of fused-ring (bicyclic) bond motifs is 2. The van der Waals surface area contributed by atoms with Crippen LogP contribution in [0.3, 0.4) is 0 Å². The Morgan fingerprint density at radius 3 is 2.19 bits per heavy atom. The van der Waals surface area contributed by atoms with E-state index >= 15 is 0 Å². The maximum Gasteiger partial charge on any atom is 0.333 e. The van der Waals surface area contributed by atoms with Crippen LogP contribution in [0.1, 0.15) is 11.1 Å². The highest BCUT2D eigenvalue weighted by Gasteiger charge is 2.25. The van der Waals surface area contributed by atoms with Gasteiger partial charge in [-0.1, -0.05) is 17.7 Å². The Morgan fingerprint density at radius 1 is 1.00 bits per heavy atom. The molecule has 8 N–H and O–H groups in total. The first kappa shape index (κ1) is 17.8. The van der Waals surface area contributed by atoms with E-state index in [1.165, 1.54) is 0 Å². The van der Waals surface area contributed by atoms with Crippen molar-refractivity contribution < 1.29 is 9.59 Å². The summed E-state index contributed by atoms with van der Waals surface area (Å²) in [5, 5.41) is 2.15. The van der Waals surface area contributed by atoms with E-state index in [0.717, 1.165) is 32.5 Å². The Labute approximate surface area is 154 Å². The lowest BCUT2D eigenvalue weighted by Gasteiger charge is -2.32. The number of carbonyl (C=O) groups excluding carboxylic acids is 2. The zero-order valence-electron chi connectivity index (χ0n) is 13.9. The van der Waals surface area contributed by atoms with Gasteiger partial charge in [0.15, 0.2) is 0 Å². The molecule has 0 saturated heterocycles. The van der Waals surface area contributed by atoms with Gasteiger partial charge in [0.05, 0.1) is 11.4 Å². The fraction of sp³-hybridized carbons (Fsp3) is 0.125. The number of hydrogen-bond acceptors (Lipinski definition) is 5. The molecule has 0 fully saturated rings. The first-order valence-electron chi connectivity index (χ1n) is 7.58. The maximum absolute atomic E-state index is 11.3. The van der Waals surface area contributed by atoms with Gasteiger partial charge in [-0.3, -0.25) is 0 Å². The standard InChI is InChI=1S/C16H18ClN7O2/c1-22-13-6-9(23(20)15(18)25)3-2-8(13)4-11-12(17)5-10(7-14(11)22)24(21)16(19)26/h2-3,5-7H,4,20-21H2,1H3,(H2,18,25)(H2,19,26). The molecule has 3 rings (SSSR count). The van der Waals surface area contributed by atoms with Crippen LogP contribution >= 0.6 is 11.6 Å². The molecule has 136 valence electrons. The van der Waals surface area contributed by atoms with Crippen molar-refractivity contribution >= 4 is 46.4 Å². The molecule has 0 aromatic heterocycles. The van der Waals surface area contributed by atoms with E-state index in [1.54, 1.807) is 24.3 Å². The molecule has 1 heterocycles. The summed E-state index contributed by atoms with van der Waals surface area (Å²) in [6.45, 7) is 0. The van der Waals surface area contributed by atoms with Crippen molar-refractivity contribution in [3.05, 3.63) is 46.5 Å². The van der Waals surface area contributed by atoms with Crippen LogP contribution in [0.25, 0.3) is 0 Å². The number of benzene rings is 2. The van der Waals surface area contributed by atoms with Crippen molar-refractivity contribution in [2.24, 2.45) is 23.2 Å². The molecule has 0 aliphatic carbocycles. The Kier molecular flexibility index (Phi) is 4.36. The molecule has 0 spiro atoms. The molecule has 0 radical (unpaired) electrons. The quantitative estimate of drug-likeness (QED) is 0.357. The molecule has 9 nitrogen and oxygen atoms in total. The van der Waals surface area contributed by atoms with Crippen molar-refractivity contribution in [3.8, 4) is 0 Å². The molecule has 0 bridgehead atoms. The maximum atomic E-state index is 11.3. The molecular weight excluding hydrogens is 358 g/mol. The molecular formula is C16H18ClN7O2. The van der Waals surface area contributed by atoms with E-state index in [2.05, 4.69) is 0 Å². The fourth-order valence-corrected chi connectivity index (χ4v) is 3.24. The third-order valence-corrected chi connectivity index (χ3v) is 4.68. The molecule has 2 aromatic carbocycles. The summed E-state index contributed by atoms with van der Waals surface area (Å²) >= 11 is 6.40. The lowest BCUT2D eigenvalue weighted by atomic mass is 9.95. The van der Waals surface area contributed by atoms with Gasteiger partial charge in [-0.25, -0.2) is 31.3 Å². The normalized spacial score (nSPS) is 12.2. The van der Waals surface area contributed by atoms with Gasteiger partial charge in [-0.2, -0.15) is 0 Å². The van der Waals surface area contributed by atoms with E-state index in [-0.39, 0.29) is 0 Å². The van der Waals surface area contributed by atoms with Crippen LogP contribution in [-0.2, 0) is 6.42 Å². The van der Waals surface area contributed by atoms with Crippen LogP contribution in [-0.4, -0.2) is 19.1 Å². The number of hydrogen-bond donors (Lipinski definition) is 4. The van der Waals surface area contributed by atoms with E-state index < -0.39 is 12.1 Å². The van der Waals surface area contributed by atoms with Crippen LogP contribution in [0, 0.1) is 0 Å². The highest BCUT2D eigenvalue weighted by Crippen LogP contribution is 2.43. The summed E-state index contributed by atoms with van der Waals surface area (Å²) in [5.41, 5.74) is 14.7.